The number of ether oxygens (including phenoxy) is 1. The Labute approximate surface area is 170 Å². The summed E-state index contributed by atoms with van der Waals surface area (Å²) in [6.45, 7) is 5.24. The van der Waals surface area contributed by atoms with Crippen LogP contribution in [0.25, 0.3) is 0 Å². The summed E-state index contributed by atoms with van der Waals surface area (Å²) in [5.74, 6) is -1.34. The zero-order valence-corrected chi connectivity index (χ0v) is 17.0. The highest BCUT2D eigenvalue weighted by Gasteiger charge is 2.28. The number of likely N-dealkylation sites (N-methyl/N-ethyl adjacent to an activating group) is 1. The normalized spacial score (nSPS) is 11.6. The molecular formula is C22H26N2O5. The van der Waals surface area contributed by atoms with Crippen LogP contribution >= 0.6 is 0 Å². The lowest BCUT2D eigenvalue weighted by Crippen LogP contribution is -2.50. The molecule has 2 amide bonds. The number of hydrogen-bond donors (Lipinski definition) is 2. The van der Waals surface area contributed by atoms with Crippen molar-refractivity contribution in [2.45, 2.75) is 26.8 Å². The lowest BCUT2D eigenvalue weighted by Gasteiger charge is -2.27. The number of benzene rings is 2. The van der Waals surface area contributed by atoms with E-state index in [0.29, 0.717) is 17.0 Å². The van der Waals surface area contributed by atoms with Gasteiger partial charge in [-0.1, -0.05) is 31.5 Å². The standard InChI is InChI=1S/C22H26N2O5/c1-14(2)20(23-21(27)16-7-5-15(3)6-8-16)22(28)24(4)17-9-11-18(12-10-17)29-13-19(25)26/h5-12,14,20H,13H2,1-4H3,(H,23,27)(H,25,26). The van der Waals surface area contributed by atoms with E-state index in [4.69, 9.17) is 9.84 Å². The molecule has 0 saturated heterocycles. The molecule has 154 valence electrons. The van der Waals surface area contributed by atoms with E-state index in [-0.39, 0.29) is 17.7 Å². The van der Waals surface area contributed by atoms with E-state index < -0.39 is 18.6 Å². The average Bonchev–Trinajstić information content (AvgIpc) is 2.70. The van der Waals surface area contributed by atoms with Gasteiger partial charge in [-0.25, -0.2) is 4.79 Å². The number of carbonyl (C=O) groups is 3. The van der Waals surface area contributed by atoms with Crippen LogP contribution in [0.4, 0.5) is 5.69 Å². The quantitative estimate of drug-likeness (QED) is 0.713. The molecule has 0 aliphatic rings. The summed E-state index contributed by atoms with van der Waals surface area (Å²) in [5, 5.41) is 11.5. The second kappa shape index (κ2) is 9.73. The average molecular weight is 398 g/mol. The predicted octanol–water partition coefficient (Wildman–Crippen LogP) is 2.88. The molecule has 0 aliphatic heterocycles. The van der Waals surface area contributed by atoms with Gasteiger partial charge < -0.3 is 20.1 Å². The first-order valence-electron chi connectivity index (χ1n) is 9.28. The maximum Gasteiger partial charge on any atom is 0.341 e. The number of nitrogens with zero attached hydrogens (tertiary/aromatic N) is 1. The van der Waals surface area contributed by atoms with Crippen molar-refractivity contribution in [1.29, 1.82) is 0 Å². The fourth-order valence-corrected chi connectivity index (χ4v) is 2.69. The molecule has 0 saturated carbocycles. The van der Waals surface area contributed by atoms with Crippen LogP contribution in [0.15, 0.2) is 48.5 Å². The third-order valence-corrected chi connectivity index (χ3v) is 4.45. The number of amides is 2. The van der Waals surface area contributed by atoms with Crippen LogP contribution in [0.2, 0.25) is 0 Å². The minimum atomic E-state index is -1.06. The van der Waals surface area contributed by atoms with Gasteiger partial charge in [-0.3, -0.25) is 9.59 Å². The Morgan fingerprint density at radius 2 is 1.62 bits per heavy atom. The molecule has 2 rings (SSSR count). The monoisotopic (exact) mass is 398 g/mol. The maximum atomic E-state index is 13.0. The molecule has 0 fully saturated rings. The molecule has 0 bridgehead atoms. The molecule has 0 spiro atoms. The topological polar surface area (TPSA) is 95.9 Å². The Morgan fingerprint density at radius 1 is 1.03 bits per heavy atom. The number of anilines is 1. The summed E-state index contributed by atoms with van der Waals surface area (Å²) in [5.41, 5.74) is 2.15. The van der Waals surface area contributed by atoms with Gasteiger partial charge in [0, 0.05) is 18.3 Å². The molecule has 1 atom stereocenters. The molecule has 0 aliphatic carbocycles. The third kappa shape index (κ3) is 6.07. The van der Waals surface area contributed by atoms with Gasteiger partial charge in [-0.05, 0) is 49.2 Å². The van der Waals surface area contributed by atoms with Gasteiger partial charge in [0.2, 0.25) is 5.91 Å². The lowest BCUT2D eigenvalue weighted by molar-refractivity contribution is -0.139. The van der Waals surface area contributed by atoms with E-state index in [1.54, 1.807) is 43.4 Å². The predicted molar refractivity (Wildman–Crippen MR) is 110 cm³/mol. The second-order valence-electron chi connectivity index (χ2n) is 7.13. The van der Waals surface area contributed by atoms with Crippen molar-refractivity contribution >= 4 is 23.5 Å². The summed E-state index contributed by atoms with van der Waals surface area (Å²) >= 11 is 0. The van der Waals surface area contributed by atoms with Gasteiger partial charge in [0.15, 0.2) is 6.61 Å². The molecule has 2 aromatic rings. The molecule has 2 aromatic carbocycles. The van der Waals surface area contributed by atoms with Crippen molar-refractivity contribution in [2.75, 3.05) is 18.6 Å². The van der Waals surface area contributed by atoms with Crippen LogP contribution in [0, 0.1) is 12.8 Å². The Kier molecular flexibility index (Phi) is 7.36. The van der Waals surface area contributed by atoms with E-state index >= 15 is 0 Å². The van der Waals surface area contributed by atoms with Crippen LogP contribution < -0.4 is 15.0 Å². The Bertz CT molecular complexity index is 860. The van der Waals surface area contributed by atoms with Crippen molar-refractivity contribution in [1.82, 2.24) is 5.32 Å². The number of carbonyl (C=O) groups excluding carboxylic acids is 2. The minimum Gasteiger partial charge on any atom is -0.482 e. The zero-order valence-electron chi connectivity index (χ0n) is 17.0. The van der Waals surface area contributed by atoms with Crippen LogP contribution in [0.5, 0.6) is 5.75 Å². The van der Waals surface area contributed by atoms with E-state index in [2.05, 4.69) is 5.32 Å². The van der Waals surface area contributed by atoms with Gasteiger partial charge in [-0.15, -0.1) is 0 Å². The lowest BCUT2D eigenvalue weighted by atomic mass is 10.0. The SMILES string of the molecule is Cc1ccc(C(=O)NC(C(=O)N(C)c2ccc(OCC(=O)O)cc2)C(C)C)cc1. The minimum absolute atomic E-state index is 0.113. The van der Waals surface area contributed by atoms with E-state index in [1.807, 2.05) is 32.9 Å². The van der Waals surface area contributed by atoms with Crippen LogP contribution in [-0.2, 0) is 9.59 Å². The summed E-state index contributed by atoms with van der Waals surface area (Å²) in [6.07, 6.45) is 0. The Hall–Kier alpha value is -3.35. The number of aliphatic carboxylic acids is 1. The van der Waals surface area contributed by atoms with E-state index in [0.717, 1.165) is 5.56 Å². The van der Waals surface area contributed by atoms with Crippen molar-refractivity contribution in [3.63, 3.8) is 0 Å². The molecular weight excluding hydrogens is 372 g/mol. The Morgan fingerprint density at radius 3 is 2.14 bits per heavy atom. The molecule has 2 N–H and O–H groups in total. The van der Waals surface area contributed by atoms with Gasteiger partial charge >= 0.3 is 5.97 Å². The smallest absolute Gasteiger partial charge is 0.341 e. The van der Waals surface area contributed by atoms with Gasteiger partial charge in [0.05, 0.1) is 0 Å². The summed E-state index contributed by atoms with van der Waals surface area (Å²) in [4.78, 5) is 37.6. The summed E-state index contributed by atoms with van der Waals surface area (Å²) < 4.78 is 5.10. The molecule has 29 heavy (non-hydrogen) atoms. The van der Waals surface area contributed by atoms with Crippen molar-refractivity contribution < 1.29 is 24.2 Å². The van der Waals surface area contributed by atoms with E-state index in [9.17, 15) is 14.4 Å². The molecule has 7 heteroatoms. The van der Waals surface area contributed by atoms with Crippen LogP contribution in [0.1, 0.15) is 29.8 Å². The highest BCUT2D eigenvalue weighted by atomic mass is 16.5. The molecule has 0 radical (unpaired) electrons. The molecule has 1 unspecified atom stereocenters. The Balaban J connectivity index is 2.10. The number of rotatable bonds is 8. The van der Waals surface area contributed by atoms with Gasteiger partial charge in [0.25, 0.3) is 5.91 Å². The van der Waals surface area contributed by atoms with E-state index in [1.165, 1.54) is 4.90 Å². The number of nitrogens with one attached hydrogen (secondary N) is 1. The van der Waals surface area contributed by atoms with Crippen molar-refractivity contribution in [3.05, 3.63) is 59.7 Å². The number of hydrogen-bond acceptors (Lipinski definition) is 4. The molecule has 0 heterocycles. The van der Waals surface area contributed by atoms with Crippen LogP contribution in [-0.4, -0.2) is 42.6 Å². The number of carboxylic acids is 1. The van der Waals surface area contributed by atoms with Gasteiger partial charge in [0.1, 0.15) is 11.8 Å². The third-order valence-electron chi connectivity index (χ3n) is 4.45. The highest BCUT2D eigenvalue weighted by molar-refractivity contribution is 6.02. The first-order valence-corrected chi connectivity index (χ1v) is 9.28. The fourth-order valence-electron chi connectivity index (χ4n) is 2.69. The number of carboxylic acid groups (broad SMARTS) is 1. The first kappa shape index (κ1) is 21.9. The van der Waals surface area contributed by atoms with Crippen LogP contribution in [0.3, 0.4) is 0 Å². The summed E-state index contributed by atoms with van der Waals surface area (Å²) in [6, 6.07) is 13.0. The summed E-state index contributed by atoms with van der Waals surface area (Å²) in [7, 11) is 1.63. The maximum absolute atomic E-state index is 13.0. The van der Waals surface area contributed by atoms with Gasteiger partial charge in [-0.2, -0.15) is 0 Å². The zero-order chi connectivity index (χ0) is 21.6. The molecule has 7 nitrogen and oxygen atoms in total. The van der Waals surface area contributed by atoms with Crippen molar-refractivity contribution in [3.8, 4) is 5.75 Å². The molecule has 0 aromatic heterocycles. The highest BCUT2D eigenvalue weighted by Crippen LogP contribution is 2.20. The fraction of sp³-hybridized carbons (Fsp3) is 0.318. The first-order chi connectivity index (χ1) is 13.7. The van der Waals surface area contributed by atoms with Crippen molar-refractivity contribution in [2.24, 2.45) is 5.92 Å². The largest absolute Gasteiger partial charge is 0.482 e. The number of aryl methyl sites for hydroxylation is 1. The second-order valence-corrected chi connectivity index (χ2v) is 7.13.